The van der Waals surface area contributed by atoms with Crippen molar-refractivity contribution in [1.82, 2.24) is 10.3 Å². The van der Waals surface area contributed by atoms with Gasteiger partial charge < -0.3 is 5.32 Å². The molecule has 1 heterocycles. The van der Waals surface area contributed by atoms with Gasteiger partial charge in [-0.15, -0.1) is 11.3 Å². The van der Waals surface area contributed by atoms with Crippen LogP contribution < -0.4 is 5.32 Å². The SMILES string of the molecule is CNC(c1cnc(C(F)(F)F)s1)C(C)c1ccccc1. The third kappa shape index (κ3) is 3.19. The number of likely N-dealkylation sites (N-methyl/N-ethyl adjacent to an activating group) is 1. The van der Waals surface area contributed by atoms with Gasteiger partial charge in [-0.3, -0.25) is 0 Å². The zero-order chi connectivity index (χ0) is 14.8. The molecule has 6 heteroatoms. The normalized spacial score (nSPS) is 15.1. The van der Waals surface area contributed by atoms with Crippen LogP contribution in [0.3, 0.4) is 0 Å². The van der Waals surface area contributed by atoms with Gasteiger partial charge in [0.1, 0.15) is 0 Å². The number of halogens is 3. The summed E-state index contributed by atoms with van der Waals surface area (Å²) in [7, 11) is 1.75. The second-order valence-corrected chi connectivity index (χ2v) is 5.59. The average Bonchev–Trinajstić information content (AvgIpc) is 2.90. The van der Waals surface area contributed by atoms with Gasteiger partial charge in [0.15, 0.2) is 5.01 Å². The van der Waals surface area contributed by atoms with E-state index in [-0.39, 0.29) is 12.0 Å². The Morgan fingerprint density at radius 2 is 1.85 bits per heavy atom. The average molecular weight is 300 g/mol. The number of nitrogens with zero attached hydrogens (tertiary/aromatic N) is 1. The molecule has 1 aromatic carbocycles. The first-order chi connectivity index (χ1) is 9.43. The zero-order valence-corrected chi connectivity index (χ0v) is 11.9. The van der Waals surface area contributed by atoms with Gasteiger partial charge in [0, 0.05) is 23.0 Å². The monoisotopic (exact) mass is 300 g/mol. The van der Waals surface area contributed by atoms with E-state index in [9.17, 15) is 13.2 Å². The first kappa shape index (κ1) is 15.0. The molecule has 1 aromatic heterocycles. The fourth-order valence-corrected chi connectivity index (χ4v) is 3.15. The summed E-state index contributed by atoms with van der Waals surface area (Å²) in [5.41, 5.74) is 1.08. The van der Waals surface area contributed by atoms with Crippen LogP contribution in [0.1, 0.15) is 34.3 Å². The Morgan fingerprint density at radius 1 is 1.20 bits per heavy atom. The highest BCUT2D eigenvalue weighted by atomic mass is 32.1. The summed E-state index contributed by atoms with van der Waals surface area (Å²) in [6, 6.07) is 9.52. The van der Waals surface area contributed by atoms with Crippen LogP contribution in [0.2, 0.25) is 0 Å². The number of hydrogen-bond donors (Lipinski definition) is 1. The van der Waals surface area contributed by atoms with Crippen LogP contribution in [-0.4, -0.2) is 12.0 Å². The standard InChI is InChI=1S/C14H15F3N2S/c1-9(10-6-4-3-5-7-10)12(18-2)11-8-19-13(20-11)14(15,16)17/h3-9,12,18H,1-2H3. The molecule has 0 fully saturated rings. The van der Waals surface area contributed by atoms with Crippen molar-refractivity contribution < 1.29 is 13.2 Å². The molecule has 0 aliphatic carbocycles. The first-order valence-corrected chi connectivity index (χ1v) is 7.00. The van der Waals surface area contributed by atoms with Crippen molar-refractivity contribution in [2.45, 2.75) is 25.1 Å². The molecule has 0 spiro atoms. The lowest BCUT2D eigenvalue weighted by Gasteiger charge is -2.22. The van der Waals surface area contributed by atoms with Gasteiger partial charge in [-0.1, -0.05) is 37.3 Å². The van der Waals surface area contributed by atoms with Crippen molar-refractivity contribution in [3.63, 3.8) is 0 Å². The Hall–Kier alpha value is -1.40. The van der Waals surface area contributed by atoms with Crippen LogP contribution in [0.5, 0.6) is 0 Å². The third-order valence-electron chi connectivity index (χ3n) is 3.21. The number of benzene rings is 1. The van der Waals surface area contributed by atoms with Gasteiger partial charge in [0.2, 0.25) is 0 Å². The molecule has 108 valence electrons. The van der Waals surface area contributed by atoms with Crippen LogP contribution in [0.4, 0.5) is 13.2 Å². The van der Waals surface area contributed by atoms with E-state index in [1.54, 1.807) is 7.05 Å². The Labute approximate surface area is 119 Å². The summed E-state index contributed by atoms with van der Waals surface area (Å²) in [4.78, 5) is 4.08. The van der Waals surface area contributed by atoms with Crippen LogP contribution in [0, 0.1) is 0 Å². The molecule has 1 N–H and O–H groups in total. The number of thiazole rings is 1. The van der Waals surface area contributed by atoms with Crippen LogP contribution in [-0.2, 0) is 6.18 Å². The van der Waals surface area contributed by atoms with Gasteiger partial charge in [0.25, 0.3) is 0 Å². The quantitative estimate of drug-likeness (QED) is 0.914. The minimum Gasteiger partial charge on any atom is -0.312 e. The Kier molecular flexibility index (Phi) is 4.45. The lowest BCUT2D eigenvalue weighted by Crippen LogP contribution is -2.21. The first-order valence-electron chi connectivity index (χ1n) is 6.18. The molecular weight excluding hydrogens is 285 g/mol. The van der Waals surface area contributed by atoms with E-state index in [1.165, 1.54) is 6.20 Å². The molecule has 0 aliphatic rings. The predicted molar refractivity (Wildman–Crippen MR) is 73.8 cm³/mol. The molecule has 2 atom stereocenters. The maximum Gasteiger partial charge on any atom is 0.443 e. The van der Waals surface area contributed by atoms with Crippen molar-refractivity contribution in [3.8, 4) is 0 Å². The summed E-state index contributed by atoms with van der Waals surface area (Å²) < 4.78 is 37.9. The summed E-state index contributed by atoms with van der Waals surface area (Å²) in [6.07, 6.45) is -3.06. The van der Waals surface area contributed by atoms with E-state index in [1.807, 2.05) is 37.3 Å². The summed E-state index contributed by atoms with van der Waals surface area (Å²) in [6.45, 7) is 1.99. The maximum absolute atomic E-state index is 12.6. The van der Waals surface area contributed by atoms with E-state index in [0.717, 1.165) is 5.56 Å². The maximum atomic E-state index is 12.6. The van der Waals surface area contributed by atoms with Crippen molar-refractivity contribution in [2.75, 3.05) is 7.05 Å². The highest BCUT2D eigenvalue weighted by molar-refractivity contribution is 7.11. The highest BCUT2D eigenvalue weighted by Gasteiger charge is 2.35. The second-order valence-electron chi connectivity index (χ2n) is 4.53. The van der Waals surface area contributed by atoms with Crippen molar-refractivity contribution in [3.05, 3.63) is 52.0 Å². The van der Waals surface area contributed by atoms with Crippen LogP contribution in [0.25, 0.3) is 0 Å². The molecule has 2 nitrogen and oxygen atoms in total. The number of nitrogens with one attached hydrogen (secondary N) is 1. The number of alkyl halides is 3. The Bertz CT molecular complexity index is 551. The molecular formula is C14H15F3N2S. The van der Waals surface area contributed by atoms with E-state index < -0.39 is 11.2 Å². The van der Waals surface area contributed by atoms with E-state index in [0.29, 0.717) is 16.2 Å². The summed E-state index contributed by atoms with van der Waals surface area (Å²) in [5.74, 6) is 0.0581. The lowest BCUT2D eigenvalue weighted by atomic mass is 9.93. The van der Waals surface area contributed by atoms with Gasteiger partial charge in [-0.25, -0.2) is 4.98 Å². The van der Waals surface area contributed by atoms with Gasteiger partial charge in [-0.2, -0.15) is 13.2 Å². The third-order valence-corrected chi connectivity index (χ3v) is 4.33. The van der Waals surface area contributed by atoms with E-state index >= 15 is 0 Å². The number of rotatable bonds is 4. The summed E-state index contributed by atoms with van der Waals surface area (Å²) >= 11 is 0.697. The predicted octanol–water partition coefficient (Wildman–Crippen LogP) is 4.23. The van der Waals surface area contributed by atoms with Gasteiger partial charge in [-0.05, 0) is 12.6 Å². The smallest absolute Gasteiger partial charge is 0.312 e. The topological polar surface area (TPSA) is 24.9 Å². The van der Waals surface area contributed by atoms with Gasteiger partial charge >= 0.3 is 6.18 Å². The molecule has 0 aliphatic heterocycles. The lowest BCUT2D eigenvalue weighted by molar-refractivity contribution is -0.137. The summed E-state index contributed by atoms with van der Waals surface area (Å²) in [5, 5.41) is 2.29. The van der Waals surface area contributed by atoms with Crippen LogP contribution in [0.15, 0.2) is 36.5 Å². The van der Waals surface area contributed by atoms with E-state index in [2.05, 4.69) is 10.3 Å². The fourth-order valence-electron chi connectivity index (χ4n) is 2.15. The fraction of sp³-hybridized carbons (Fsp3) is 0.357. The zero-order valence-electron chi connectivity index (χ0n) is 11.1. The molecule has 2 unspecified atom stereocenters. The molecule has 0 radical (unpaired) electrons. The molecule has 2 rings (SSSR count). The Morgan fingerprint density at radius 3 is 2.35 bits per heavy atom. The molecule has 0 saturated heterocycles. The minimum absolute atomic E-state index is 0.0581. The molecule has 2 aromatic rings. The number of aromatic nitrogens is 1. The Balaban J connectivity index is 2.26. The minimum atomic E-state index is -4.38. The van der Waals surface area contributed by atoms with Crippen molar-refractivity contribution >= 4 is 11.3 Å². The van der Waals surface area contributed by atoms with Crippen LogP contribution >= 0.6 is 11.3 Å². The number of hydrogen-bond acceptors (Lipinski definition) is 3. The van der Waals surface area contributed by atoms with Crippen molar-refractivity contribution in [1.29, 1.82) is 0 Å². The second kappa shape index (κ2) is 5.93. The highest BCUT2D eigenvalue weighted by Crippen LogP contribution is 2.38. The van der Waals surface area contributed by atoms with Crippen molar-refractivity contribution in [2.24, 2.45) is 0 Å². The van der Waals surface area contributed by atoms with Gasteiger partial charge in [0.05, 0.1) is 0 Å². The molecule has 0 amide bonds. The molecule has 20 heavy (non-hydrogen) atoms. The molecule has 0 saturated carbocycles. The largest absolute Gasteiger partial charge is 0.443 e. The molecule has 0 bridgehead atoms. The van der Waals surface area contributed by atoms with E-state index in [4.69, 9.17) is 0 Å².